The van der Waals surface area contributed by atoms with E-state index in [2.05, 4.69) is 245 Å². The first-order valence-electron chi connectivity index (χ1n) is 21.6. The second-order valence-corrected chi connectivity index (χ2v) is 16.5. The summed E-state index contributed by atoms with van der Waals surface area (Å²) in [5.74, 6) is 1.81. The smallest absolute Gasteiger partial charge is 0.256 e. The summed E-state index contributed by atoms with van der Waals surface area (Å²) >= 11 is 0. The third kappa shape index (κ3) is 5.63. The van der Waals surface area contributed by atoms with Crippen molar-refractivity contribution in [2.24, 2.45) is 0 Å². The molecule has 0 spiro atoms. The maximum absolute atomic E-state index is 7.00. The maximum atomic E-state index is 7.00. The summed E-state index contributed by atoms with van der Waals surface area (Å²) in [4.78, 5) is 4.74. The van der Waals surface area contributed by atoms with Gasteiger partial charge in [-0.25, -0.2) is 0 Å². The van der Waals surface area contributed by atoms with E-state index in [-0.39, 0.29) is 6.71 Å². The Hall–Kier alpha value is -8.28. The molecule has 0 unspecified atom stereocenters. The fourth-order valence-corrected chi connectivity index (χ4v) is 10.2. The number of fused-ring (bicyclic) bond motifs is 8. The van der Waals surface area contributed by atoms with Gasteiger partial charge in [0, 0.05) is 50.6 Å². The lowest BCUT2D eigenvalue weighted by molar-refractivity contribution is 0.488. The molecule has 0 saturated heterocycles. The van der Waals surface area contributed by atoms with Crippen LogP contribution in [0, 0.1) is 0 Å². The van der Waals surface area contributed by atoms with Gasteiger partial charge < -0.3 is 19.1 Å². The van der Waals surface area contributed by atoms with E-state index < -0.39 is 0 Å². The second kappa shape index (κ2) is 14.2. The van der Waals surface area contributed by atoms with Crippen LogP contribution in [0.15, 0.2) is 231 Å². The summed E-state index contributed by atoms with van der Waals surface area (Å²) in [6.07, 6.45) is 0. The van der Waals surface area contributed by atoms with Crippen molar-refractivity contribution >= 4 is 89.8 Å². The lowest BCUT2D eigenvalue weighted by Gasteiger charge is -2.39. The Morgan fingerprint density at radius 3 is 1.76 bits per heavy atom. The molecule has 0 N–H and O–H groups in total. The molecule has 0 bridgehead atoms. The Balaban J connectivity index is 1.00. The maximum Gasteiger partial charge on any atom is 0.256 e. The van der Waals surface area contributed by atoms with Gasteiger partial charge in [-0.15, -0.1) is 0 Å². The van der Waals surface area contributed by atoms with E-state index in [1.54, 1.807) is 0 Å². The average Bonchev–Trinajstić information content (AvgIpc) is 3.65. The Bertz CT molecular complexity index is 3540. The lowest BCUT2D eigenvalue weighted by Crippen LogP contribution is -2.59. The molecule has 294 valence electrons. The molecule has 5 heteroatoms. The van der Waals surface area contributed by atoms with Gasteiger partial charge in [0.1, 0.15) is 11.5 Å². The molecule has 3 heterocycles. The summed E-state index contributed by atoms with van der Waals surface area (Å²) in [5, 5.41) is 4.71. The Kier molecular flexibility index (Phi) is 7.97. The predicted molar refractivity (Wildman–Crippen MR) is 264 cm³/mol. The predicted octanol–water partition coefficient (Wildman–Crippen LogP) is 13.5. The van der Waals surface area contributed by atoms with Crippen LogP contribution < -0.4 is 30.9 Å². The molecule has 11 aromatic rings. The third-order valence-electron chi connectivity index (χ3n) is 13.0. The highest BCUT2D eigenvalue weighted by Gasteiger charge is 2.42. The number of benzene rings is 10. The van der Waals surface area contributed by atoms with Crippen LogP contribution in [0.5, 0.6) is 11.5 Å². The molecule has 0 aliphatic carbocycles. The van der Waals surface area contributed by atoms with Crippen LogP contribution in [0.2, 0.25) is 0 Å². The fraction of sp³-hybridized carbons (Fsp3) is 0. The van der Waals surface area contributed by atoms with Gasteiger partial charge in [-0.3, -0.25) is 0 Å². The zero-order valence-corrected chi connectivity index (χ0v) is 34.3. The van der Waals surface area contributed by atoms with E-state index in [1.807, 2.05) is 0 Å². The molecule has 63 heavy (non-hydrogen) atoms. The number of ether oxygens (including phenoxy) is 1. The van der Waals surface area contributed by atoms with Crippen LogP contribution in [0.25, 0.3) is 49.4 Å². The topological polar surface area (TPSA) is 20.6 Å². The molecule has 0 atom stereocenters. The van der Waals surface area contributed by atoms with Crippen molar-refractivity contribution in [2.75, 3.05) is 9.80 Å². The van der Waals surface area contributed by atoms with Crippen molar-refractivity contribution in [3.05, 3.63) is 231 Å². The minimum atomic E-state index is -0.00453. The van der Waals surface area contributed by atoms with Crippen molar-refractivity contribution < 1.29 is 4.74 Å². The van der Waals surface area contributed by atoms with Gasteiger partial charge in [0.15, 0.2) is 0 Å². The van der Waals surface area contributed by atoms with E-state index in [4.69, 9.17) is 4.74 Å². The van der Waals surface area contributed by atoms with Crippen molar-refractivity contribution in [3.8, 4) is 28.3 Å². The molecule has 10 aromatic carbocycles. The largest absolute Gasteiger partial charge is 0.458 e. The van der Waals surface area contributed by atoms with Gasteiger partial charge in [-0.1, -0.05) is 127 Å². The molecular weight excluding hydrogens is 765 g/mol. The minimum absolute atomic E-state index is 0.00453. The first kappa shape index (κ1) is 35.5. The standard InChI is InChI=1S/C58H38BN3O/c1-5-16-39(17-6-1)40-28-31-46(32-29-40)60(43-18-7-2-8-19-43)47-33-30-41-35-48-49-37-57-51(38-55(49)62(45-22-11-4-12-23-45)54(48)36-42(41)34-47)59-50-24-13-14-25-52(50)61(44-20-9-3-10-21-44)53-26-15-27-56(63-57)58(53)59/h1-38H. The van der Waals surface area contributed by atoms with Crippen molar-refractivity contribution in [1.82, 2.24) is 4.57 Å². The van der Waals surface area contributed by atoms with Crippen LogP contribution in [0.1, 0.15) is 0 Å². The van der Waals surface area contributed by atoms with Crippen molar-refractivity contribution in [3.63, 3.8) is 0 Å². The average molecular weight is 804 g/mol. The van der Waals surface area contributed by atoms with Crippen LogP contribution in [0.4, 0.5) is 34.1 Å². The number of anilines is 6. The second-order valence-electron chi connectivity index (χ2n) is 16.5. The van der Waals surface area contributed by atoms with E-state index in [0.717, 1.165) is 62.0 Å². The van der Waals surface area contributed by atoms with E-state index in [0.29, 0.717) is 0 Å². The first-order valence-corrected chi connectivity index (χ1v) is 21.6. The number of hydrogen-bond donors (Lipinski definition) is 0. The molecule has 1 aromatic heterocycles. The van der Waals surface area contributed by atoms with Gasteiger partial charge in [0.05, 0.1) is 11.0 Å². The zero-order chi connectivity index (χ0) is 41.4. The van der Waals surface area contributed by atoms with E-state index in [9.17, 15) is 0 Å². The van der Waals surface area contributed by atoms with E-state index in [1.165, 1.54) is 49.4 Å². The SMILES string of the molecule is c1ccc(-c2ccc(N(c3ccccc3)c3ccc4cc5c6cc7c(cc6n(-c6ccccc6)c5cc4c3)B3c4ccccc4N(c4ccccc4)c4cccc(c43)O7)cc2)cc1. The highest BCUT2D eigenvalue weighted by molar-refractivity contribution is 6.99. The quantitative estimate of drug-likeness (QED) is 0.156. The van der Waals surface area contributed by atoms with Crippen molar-refractivity contribution in [1.29, 1.82) is 0 Å². The molecule has 0 saturated carbocycles. The highest BCUT2D eigenvalue weighted by Crippen LogP contribution is 2.44. The summed E-state index contributed by atoms with van der Waals surface area (Å²) in [6.45, 7) is -0.00453. The molecular formula is C58H38BN3O. The summed E-state index contributed by atoms with van der Waals surface area (Å²) < 4.78 is 9.45. The number of rotatable bonds is 6. The Labute approximate surface area is 366 Å². The molecule has 0 fully saturated rings. The lowest BCUT2D eigenvalue weighted by atomic mass is 9.34. The Morgan fingerprint density at radius 2 is 0.984 bits per heavy atom. The van der Waals surface area contributed by atoms with Gasteiger partial charge >= 0.3 is 0 Å². The summed E-state index contributed by atoms with van der Waals surface area (Å²) in [7, 11) is 0. The van der Waals surface area contributed by atoms with Gasteiger partial charge in [0.2, 0.25) is 0 Å². The summed E-state index contributed by atoms with van der Waals surface area (Å²) in [6, 6.07) is 83.2. The number of para-hydroxylation sites is 4. The highest BCUT2D eigenvalue weighted by atomic mass is 16.5. The normalized spacial score (nSPS) is 12.5. The van der Waals surface area contributed by atoms with Crippen LogP contribution >= 0.6 is 0 Å². The minimum Gasteiger partial charge on any atom is -0.458 e. The number of nitrogens with zero attached hydrogens (tertiary/aromatic N) is 3. The molecule has 4 nitrogen and oxygen atoms in total. The molecule has 0 amide bonds. The molecule has 2 aliphatic rings. The Morgan fingerprint density at radius 1 is 0.381 bits per heavy atom. The fourth-order valence-electron chi connectivity index (χ4n) is 10.2. The zero-order valence-electron chi connectivity index (χ0n) is 34.3. The first-order chi connectivity index (χ1) is 31.2. The number of hydrogen-bond acceptors (Lipinski definition) is 3. The van der Waals surface area contributed by atoms with Crippen LogP contribution in [-0.4, -0.2) is 11.3 Å². The van der Waals surface area contributed by atoms with E-state index >= 15 is 0 Å². The van der Waals surface area contributed by atoms with Crippen LogP contribution in [-0.2, 0) is 0 Å². The molecule has 0 radical (unpaired) electrons. The van der Waals surface area contributed by atoms with Crippen molar-refractivity contribution in [2.45, 2.75) is 0 Å². The van der Waals surface area contributed by atoms with Gasteiger partial charge in [-0.2, -0.15) is 0 Å². The third-order valence-corrected chi connectivity index (χ3v) is 13.0. The number of aromatic nitrogens is 1. The monoisotopic (exact) mass is 803 g/mol. The van der Waals surface area contributed by atoms with Gasteiger partial charge in [0.25, 0.3) is 6.71 Å². The van der Waals surface area contributed by atoms with Gasteiger partial charge in [-0.05, 0) is 141 Å². The molecule has 2 aliphatic heterocycles. The van der Waals surface area contributed by atoms with Crippen LogP contribution in [0.3, 0.4) is 0 Å². The molecule has 13 rings (SSSR count). The summed E-state index contributed by atoms with van der Waals surface area (Å²) in [5.41, 5.74) is 16.2.